The van der Waals surface area contributed by atoms with Gasteiger partial charge in [0.05, 0.1) is 33.6 Å². The van der Waals surface area contributed by atoms with Crippen LogP contribution in [0.1, 0.15) is 17.7 Å². The molecule has 7 nitrogen and oxygen atoms in total. The van der Waals surface area contributed by atoms with Gasteiger partial charge in [0.2, 0.25) is 0 Å². The van der Waals surface area contributed by atoms with Gasteiger partial charge in [-0.1, -0.05) is 29.0 Å². The van der Waals surface area contributed by atoms with E-state index in [0.717, 1.165) is 11.1 Å². The van der Waals surface area contributed by atoms with Crippen LogP contribution in [0.2, 0.25) is 5.02 Å². The number of nitrogens with zero attached hydrogens (tertiary/aromatic N) is 3. The number of aliphatic hydroxyl groups excluding tert-OH is 2. The second kappa shape index (κ2) is 9.27. The third kappa shape index (κ3) is 5.01. The number of halogens is 2. The van der Waals surface area contributed by atoms with Gasteiger partial charge in [-0.2, -0.15) is 0 Å². The predicted molar refractivity (Wildman–Crippen MR) is 119 cm³/mol. The van der Waals surface area contributed by atoms with Crippen molar-refractivity contribution in [2.75, 3.05) is 25.0 Å². The molecular weight excluding hydrogens is 443 g/mol. The Morgan fingerprint density at radius 1 is 1.39 bits per heavy atom. The summed E-state index contributed by atoms with van der Waals surface area (Å²) >= 11 is 7.60. The number of benzene rings is 1. The lowest BCUT2D eigenvalue weighted by molar-refractivity contribution is 0.0954. The summed E-state index contributed by atoms with van der Waals surface area (Å²) < 4.78 is 14.0. The first-order valence-electron chi connectivity index (χ1n) is 9.67. The molecule has 1 atom stereocenters. The van der Waals surface area contributed by atoms with E-state index >= 15 is 0 Å². The van der Waals surface area contributed by atoms with E-state index in [-0.39, 0.29) is 24.9 Å². The molecule has 0 radical (unpaired) electrons. The van der Waals surface area contributed by atoms with Crippen molar-refractivity contribution >= 4 is 49.9 Å². The van der Waals surface area contributed by atoms with Gasteiger partial charge >= 0.3 is 6.03 Å². The van der Waals surface area contributed by atoms with Crippen LogP contribution in [0.3, 0.4) is 0 Å². The van der Waals surface area contributed by atoms with Crippen molar-refractivity contribution in [1.82, 2.24) is 14.9 Å². The smallest absolute Gasteiger partial charge is 0.323 e. The van der Waals surface area contributed by atoms with E-state index in [9.17, 15) is 14.3 Å². The van der Waals surface area contributed by atoms with E-state index in [1.165, 1.54) is 23.5 Å². The number of aliphatic hydroxyl groups is 2. The standard InChI is InChI=1S/C21H20ClFN4O3S/c22-16-8-12(7-15(29)11-28)10-24-19(16)13-3-5-27(6-4-13)21(30)26-20-25-17-2-1-14(23)9-18(17)31-20/h1-3,8-10,15,28-29H,4-7,11H2,(H,25,26,30). The second-order valence-electron chi connectivity index (χ2n) is 7.20. The van der Waals surface area contributed by atoms with E-state index in [1.807, 2.05) is 6.08 Å². The Morgan fingerprint density at radius 2 is 2.23 bits per heavy atom. The summed E-state index contributed by atoms with van der Waals surface area (Å²) in [5.41, 5.74) is 2.97. The molecule has 0 fully saturated rings. The lowest BCUT2D eigenvalue weighted by Gasteiger charge is -2.26. The zero-order valence-electron chi connectivity index (χ0n) is 16.4. The van der Waals surface area contributed by atoms with Gasteiger partial charge < -0.3 is 15.1 Å². The molecule has 1 unspecified atom stereocenters. The summed E-state index contributed by atoms with van der Waals surface area (Å²) in [6, 6.07) is 5.77. The first-order chi connectivity index (χ1) is 14.9. The largest absolute Gasteiger partial charge is 0.394 e. The number of rotatable bonds is 5. The average molecular weight is 463 g/mol. The van der Waals surface area contributed by atoms with Gasteiger partial charge in [0.25, 0.3) is 0 Å². The van der Waals surface area contributed by atoms with E-state index in [0.29, 0.717) is 45.6 Å². The Morgan fingerprint density at radius 3 is 2.94 bits per heavy atom. The molecule has 1 aromatic carbocycles. The lowest BCUT2D eigenvalue weighted by Crippen LogP contribution is -2.37. The Hall–Kier alpha value is -2.59. The minimum absolute atomic E-state index is 0.273. The highest BCUT2D eigenvalue weighted by molar-refractivity contribution is 7.22. The van der Waals surface area contributed by atoms with E-state index < -0.39 is 6.10 Å². The number of hydrogen-bond donors (Lipinski definition) is 3. The Bertz CT molecular complexity index is 1150. The summed E-state index contributed by atoms with van der Waals surface area (Å²) in [5, 5.41) is 22.2. The van der Waals surface area contributed by atoms with Gasteiger partial charge in [-0.25, -0.2) is 14.2 Å². The van der Waals surface area contributed by atoms with E-state index in [4.69, 9.17) is 16.7 Å². The van der Waals surface area contributed by atoms with Crippen LogP contribution in [0.5, 0.6) is 0 Å². The number of nitrogens with one attached hydrogen (secondary N) is 1. The molecule has 0 spiro atoms. The Labute approximate surface area is 186 Å². The molecule has 0 bridgehead atoms. The third-order valence-electron chi connectivity index (χ3n) is 4.94. The third-order valence-corrected chi connectivity index (χ3v) is 6.17. The maximum absolute atomic E-state index is 13.3. The highest BCUT2D eigenvalue weighted by Gasteiger charge is 2.21. The molecule has 3 N–H and O–H groups in total. The number of fused-ring (bicyclic) bond motifs is 1. The molecule has 2 amide bonds. The van der Waals surface area contributed by atoms with E-state index in [2.05, 4.69) is 15.3 Å². The number of carbonyl (C=O) groups is 1. The molecule has 0 saturated heterocycles. The minimum Gasteiger partial charge on any atom is -0.394 e. The van der Waals surface area contributed by atoms with Crippen LogP contribution in [0.25, 0.3) is 15.8 Å². The van der Waals surface area contributed by atoms with Crippen LogP contribution >= 0.6 is 22.9 Å². The van der Waals surface area contributed by atoms with Gasteiger partial charge in [0.15, 0.2) is 5.13 Å². The van der Waals surface area contributed by atoms with Gasteiger partial charge in [0, 0.05) is 25.7 Å². The highest BCUT2D eigenvalue weighted by Crippen LogP contribution is 2.29. The average Bonchev–Trinajstić information content (AvgIpc) is 3.15. The first-order valence-corrected chi connectivity index (χ1v) is 10.9. The van der Waals surface area contributed by atoms with Crippen molar-refractivity contribution in [3.8, 4) is 0 Å². The molecule has 31 heavy (non-hydrogen) atoms. The van der Waals surface area contributed by atoms with E-state index in [1.54, 1.807) is 23.2 Å². The summed E-state index contributed by atoms with van der Waals surface area (Å²) in [5.74, 6) is -0.340. The van der Waals surface area contributed by atoms with Crippen molar-refractivity contribution in [3.63, 3.8) is 0 Å². The van der Waals surface area contributed by atoms with Gasteiger partial charge in [-0.15, -0.1) is 0 Å². The molecule has 10 heteroatoms. The fourth-order valence-corrected chi connectivity index (χ4v) is 4.54. The fourth-order valence-electron chi connectivity index (χ4n) is 3.35. The molecule has 0 saturated carbocycles. The zero-order valence-corrected chi connectivity index (χ0v) is 18.0. The molecule has 3 heterocycles. The number of hydrogen-bond acceptors (Lipinski definition) is 6. The Kier molecular flexibility index (Phi) is 6.47. The molecule has 0 aliphatic carbocycles. The van der Waals surface area contributed by atoms with Crippen molar-refractivity contribution in [3.05, 3.63) is 58.6 Å². The van der Waals surface area contributed by atoms with Crippen molar-refractivity contribution in [1.29, 1.82) is 0 Å². The predicted octanol–water partition coefficient (Wildman–Crippen LogP) is 3.70. The fraction of sp³-hybridized carbons (Fsp3) is 0.286. The minimum atomic E-state index is -0.848. The van der Waals surface area contributed by atoms with Crippen LogP contribution < -0.4 is 5.32 Å². The molecule has 4 rings (SSSR count). The first kappa shape index (κ1) is 21.6. The number of aromatic nitrogens is 2. The molecule has 162 valence electrons. The number of thiazole rings is 1. The maximum atomic E-state index is 13.3. The topological polar surface area (TPSA) is 98.6 Å². The second-order valence-corrected chi connectivity index (χ2v) is 8.64. The summed E-state index contributed by atoms with van der Waals surface area (Å²) in [7, 11) is 0. The van der Waals surface area contributed by atoms with Crippen LogP contribution in [-0.4, -0.2) is 56.9 Å². The van der Waals surface area contributed by atoms with Crippen molar-refractivity contribution in [2.24, 2.45) is 0 Å². The van der Waals surface area contributed by atoms with Crippen LogP contribution in [-0.2, 0) is 6.42 Å². The number of anilines is 1. The summed E-state index contributed by atoms with van der Waals surface area (Å²) in [6.45, 7) is 0.556. The molecule has 2 aromatic heterocycles. The number of carbonyl (C=O) groups excluding carboxylic acids is 1. The normalized spacial score (nSPS) is 15.1. The van der Waals surface area contributed by atoms with Crippen LogP contribution in [0.15, 0.2) is 36.5 Å². The van der Waals surface area contributed by atoms with Crippen molar-refractivity contribution < 1.29 is 19.4 Å². The van der Waals surface area contributed by atoms with Gasteiger partial charge in [-0.3, -0.25) is 10.3 Å². The van der Waals surface area contributed by atoms with Crippen molar-refractivity contribution in [2.45, 2.75) is 18.9 Å². The SMILES string of the molecule is O=C(Nc1nc2ccc(F)cc2s1)N1CC=C(c2ncc(CC(O)CO)cc2Cl)CC1. The molecule has 1 aliphatic rings. The highest BCUT2D eigenvalue weighted by atomic mass is 35.5. The lowest BCUT2D eigenvalue weighted by atomic mass is 10.0. The van der Waals surface area contributed by atoms with Gasteiger partial charge in [0.1, 0.15) is 5.82 Å². The number of pyridine rings is 1. The van der Waals surface area contributed by atoms with Crippen LogP contribution in [0, 0.1) is 5.82 Å². The quantitative estimate of drug-likeness (QED) is 0.537. The monoisotopic (exact) mass is 462 g/mol. The summed E-state index contributed by atoms with van der Waals surface area (Å²) in [4.78, 5) is 23.0. The molecular formula is C21H20ClFN4O3S. The molecule has 1 aliphatic heterocycles. The van der Waals surface area contributed by atoms with Gasteiger partial charge in [-0.05, 0) is 41.8 Å². The maximum Gasteiger partial charge on any atom is 0.323 e. The summed E-state index contributed by atoms with van der Waals surface area (Å²) in [6.07, 6.45) is 3.56. The zero-order chi connectivity index (χ0) is 22.0. The number of urea groups is 1. The Balaban J connectivity index is 1.40. The van der Waals surface area contributed by atoms with Crippen LogP contribution in [0.4, 0.5) is 14.3 Å². The molecule has 3 aromatic rings. The number of amides is 2.